The highest BCUT2D eigenvalue weighted by Crippen LogP contribution is 2.08. The SMILES string of the molecule is CCN(CC(O)C(N)Cc1ccccc1)C(C)COC. The molecule has 0 aliphatic heterocycles. The van der Waals surface area contributed by atoms with Crippen LogP contribution in [0, 0.1) is 0 Å². The summed E-state index contributed by atoms with van der Waals surface area (Å²) < 4.78 is 5.17. The van der Waals surface area contributed by atoms with Crippen molar-refractivity contribution in [3.05, 3.63) is 35.9 Å². The van der Waals surface area contributed by atoms with E-state index in [2.05, 4.69) is 18.7 Å². The summed E-state index contributed by atoms with van der Waals surface area (Å²) >= 11 is 0. The van der Waals surface area contributed by atoms with Gasteiger partial charge in [0.25, 0.3) is 0 Å². The minimum atomic E-state index is -0.533. The molecule has 0 spiro atoms. The van der Waals surface area contributed by atoms with Gasteiger partial charge in [-0.15, -0.1) is 0 Å². The number of nitrogens with two attached hydrogens (primary N) is 1. The number of methoxy groups -OCH3 is 1. The zero-order valence-corrected chi connectivity index (χ0v) is 12.8. The van der Waals surface area contributed by atoms with E-state index in [1.54, 1.807) is 7.11 Å². The molecule has 0 heterocycles. The van der Waals surface area contributed by atoms with Gasteiger partial charge in [0.05, 0.1) is 12.7 Å². The summed E-state index contributed by atoms with van der Waals surface area (Å²) in [5.74, 6) is 0. The Morgan fingerprint density at radius 3 is 2.50 bits per heavy atom. The molecule has 3 N–H and O–H groups in total. The Morgan fingerprint density at radius 2 is 1.95 bits per heavy atom. The van der Waals surface area contributed by atoms with E-state index >= 15 is 0 Å². The third-order valence-corrected chi connectivity index (χ3v) is 3.67. The molecule has 3 unspecified atom stereocenters. The van der Waals surface area contributed by atoms with E-state index in [9.17, 15) is 5.11 Å². The van der Waals surface area contributed by atoms with Crippen LogP contribution in [0.15, 0.2) is 30.3 Å². The van der Waals surface area contributed by atoms with Gasteiger partial charge in [-0.1, -0.05) is 37.3 Å². The lowest BCUT2D eigenvalue weighted by Gasteiger charge is -2.31. The van der Waals surface area contributed by atoms with Crippen LogP contribution in [0.5, 0.6) is 0 Å². The van der Waals surface area contributed by atoms with E-state index in [1.807, 2.05) is 30.3 Å². The van der Waals surface area contributed by atoms with Crippen LogP contribution < -0.4 is 5.73 Å². The molecule has 0 saturated heterocycles. The standard InChI is InChI=1S/C16H28N2O2/c1-4-18(13(2)12-20-3)11-16(19)15(17)10-14-8-6-5-7-9-14/h5-9,13,15-16,19H,4,10-12,17H2,1-3H3. The summed E-state index contributed by atoms with van der Waals surface area (Å²) in [5, 5.41) is 10.3. The Labute approximate surface area is 122 Å². The van der Waals surface area contributed by atoms with Gasteiger partial charge in [0.15, 0.2) is 0 Å². The molecule has 0 amide bonds. The highest BCUT2D eigenvalue weighted by atomic mass is 16.5. The Balaban J connectivity index is 2.49. The smallest absolute Gasteiger partial charge is 0.0821 e. The van der Waals surface area contributed by atoms with Crippen molar-refractivity contribution in [2.45, 2.75) is 38.5 Å². The lowest BCUT2D eigenvalue weighted by Crippen LogP contribution is -2.48. The van der Waals surface area contributed by atoms with Crippen LogP contribution in [-0.4, -0.2) is 55.0 Å². The zero-order valence-electron chi connectivity index (χ0n) is 12.8. The van der Waals surface area contributed by atoms with Crippen molar-refractivity contribution in [1.82, 2.24) is 4.90 Å². The van der Waals surface area contributed by atoms with Crippen molar-refractivity contribution in [1.29, 1.82) is 0 Å². The molecule has 0 aromatic heterocycles. The first kappa shape index (κ1) is 17.1. The lowest BCUT2D eigenvalue weighted by molar-refractivity contribution is 0.0480. The number of aliphatic hydroxyl groups is 1. The van der Waals surface area contributed by atoms with Crippen molar-refractivity contribution < 1.29 is 9.84 Å². The van der Waals surface area contributed by atoms with Crippen LogP contribution in [0.1, 0.15) is 19.4 Å². The average Bonchev–Trinajstić information content (AvgIpc) is 2.45. The summed E-state index contributed by atoms with van der Waals surface area (Å²) in [5.41, 5.74) is 7.28. The maximum Gasteiger partial charge on any atom is 0.0821 e. The zero-order chi connectivity index (χ0) is 15.0. The first-order valence-electron chi connectivity index (χ1n) is 7.29. The third-order valence-electron chi connectivity index (χ3n) is 3.67. The first-order chi connectivity index (χ1) is 9.58. The number of rotatable bonds is 9. The predicted octanol–water partition coefficient (Wildman–Crippen LogP) is 1.27. The van der Waals surface area contributed by atoms with Crippen molar-refractivity contribution in [2.24, 2.45) is 5.73 Å². The highest BCUT2D eigenvalue weighted by Gasteiger charge is 2.21. The third kappa shape index (κ3) is 5.59. The summed E-state index contributed by atoms with van der Waals surface area (Å²) in [7, 11) is 1.70. The maximum absolute atomic E-state index is 10.3. The fourth-order valence-corrected chi connectivity index (χ4v) is 2.37. The van der Waals surface area contributed by atoms with Crippen LogP contribution >= 0.6 is 0 Å². The summed E-state index contributed by atoms with van der Waals surface area (Å²) in [6.07, 6.45) is 0.160. The molecular weight excluding hydrogens is 252 g/mol. The molecule has 0 bridgehead atoms. The number of aliphatic hydroxyl groups excluding tert-OH is 1. The summed E-state index contributed by atoms with van der Waals surface area (Å²) in [6.45, 7) is 6.30. The molecule has 0 radical (unpaired) electrons. The van der Waals surface area contributed by atoms with Gasteiger partial charge in [0, 0.05) is 25.7 Å². The fraction of sp³-hybridized carbons (Fsp3) is 0.625. The second-order valence-corrected chi connectivity index (χ2v) is 5.31. The average molecular weight is 280 g/mol. The number of ether oxygens (including phenoxy) is 1. The monoisotopic (exact) mass is 280 g/mol. The normalized spacial score (nSPS) is 16.1. The molecule has 114 valence electrons. The van der Waals surface area contributed by atoms with Crippen LogP contribution in [0.2, 0.25) is 0 Å². The Hall–Kier alpha value is -0.940. The van der Waals surface area contributed by atoms with Crippen molar-refractivity contribution in [3.8, 4) is 0 Å². The van der Waals surface area contributed by atoms with Gasteiger partial charge in [0.2, 0.25) is 0 Å². The van der Waals surface area contributed by atoms with E-state index < -0.39 is 6.10 Å². The molecule has 4 heteroatoms. The summed E-state index contributed by atoms with van der Waals surface area (Å²) in [6, 6.07) is 10.1. The molecule has 1 aromatic carbocycles. The van der Waals surface area contributed by atoms with E-state index in [4.69, 9.17) is 10.5 Å². The second-order valence-electron chi connectivity index (χ2n) is 5.31. The van der Waals surface area contributed by atoms with E-state index in [1.165, 1.54) is 0 Å². The molecule has 4 nitrogen and oxygen atoms in total. The minimum absolute atomic E-state index is 0.249. The van der Waals surface area contributed by atoms with Gasteiger partial charge in [-0.3, -0.25) is 4.90 Å². The second kappa shape index (κ2) is 9.08. The number of benzene rings is 1. The van der Waals surface area contributed by atoms with Gasteiger partial charge in [-0.25, -0.2) is 0 Å². The Bertz CT molecular complexity index is 359. The first-order valence-corrected chi connectivity index (χ1v) is 7.29. The van der Waals surface area contributed by atoms with Crippen LogP contribution in [0.4, 0.5) is 0 Å². The van der Waals surface area contributed by atoms with Crippen LogP contribution in [0.3, 0.4) is 0 Å². The summed E-state index contributed by atoms with van der Waals surface area (Å²) in [4.78, 5) is 2.19. The minimum Gasteiger partial charge on any atom is -0.390 e. The van der Waals surface area contributed by atoms with Crippen LogP contribution in [0.25, 0.3) is 0 Å². The Morgan fingerprint density at radius 1 is 1.30 bits per heavy atom. The molecule has 0 fully saturated rings. The van der Waals surface area contributed by atoms with Crippen molar-refractivity contribution in [3.63, 3.8) is 0 Å². The largest absolute Gasteiger partial charge is 0.390 e. The number of nitrogens with zero attached hydrogens (tertiary/aromatic N) is 1. The van der Waals surface area contributed by atoms with Gasteiger partial charge in [0.1, 0.15) is 0 Å². The molecule has 0 aliphatic carbocycles. The van der Waals surface area contributed by atoms with Gasteiger partial charge in [-0.05, 0) is 25.5 Å². The van der Waals surface area contributed by atoms with Crippen molar-refractivity contribution in [2.75, 3.05) is 26.8 Å². The van der Waals surface area contributed by atoms with Crippen LogP contribution in [-0.2, 0) is 11.2 Å². The molecule has 0 saturated carbocycles. The molecule has 20 heavy (non-hydrogen) atoms. The predicted molar refractivity (Wildman–Crippen MR) is 82.7 cm³/mol. The fourth-order valence-electron chi connectivity index (χ4n) is 2.37. The maximum atomic E-state index is 10.3. The molecule has 3 atom stereocenters. The number of likely N-dealkylation sites (N-methyl/N-ethyl adjacent to an activating group) is 1. The molecule has 0 aliphatic rings. The van der Waals surface area contributed by atoms with Gasteiger partial charge >= 0.3 is 0 Å². The Kier molecular flexibility index (Phi) is 7.77. The number of hydrogen-bond donors (Lipinski definition) is 2. The van der Waals surface area contributed by atoms with E-state index in [0.717, 1.165) is 12.1 Å². The molecule has 1 rings (SSSR count). The van der Waals surface area contributed by atoms with E-state index in [-0.39, 0.29) is 12.1 Å². The highest BCUT2D eigenvalue weighted by molar-refractivity contribution is 5.16. The molecule has 1 aromatic rings. The molecular formula is C16H28N2O2. The van der Waals surface area contributed by atoms with E-state index in [0.29, 0.717) is 19.6 Å². The van der Waals surface area contributed by atoms with Gasteiger partial charge in [-0.2, -0.15) is 0 Å². The van der Waals surface area contributed by atoms with Crippen molar-refractivity contribution >= 4 is 0 Å². The topological polar surface area (TPSA) is 58.7 Å². The quantitative estimate of drug-likeness (QED) is 0.715. The number of hydrogen-bond acceptors (Lipinski definition) is 4. The lowest BCUT2D eigenvalue weighted by atomic mass is 10.0. The van der Waals surface area contributed by atoms with Gasteiger partial charge < -0.3 is 15.6 Å².